The molecule has 0 aliphatic carbocycles. The van der Waals surface area contributed by atoms with Crippen LogP contribution in [0.1, 0.15) is 73.2 Å². The Morgan fingerprint density at radius 1 is 0.529 bits per heavy atom. The van der Waals surface area contributed by atoms with E-state index in [1.165, 1.54) is 0 Å². The Balaban J connectivity index is 0.762. The van der Waals surface area contributed by atoms with Crippen LogP contribution in [0.25, 0.3) is 0 Å². The van der Waals surface area contributed by atoms with Crippen molar-refractivity contribution in [1.82, 2.24) is 30.0 Å². The van der Waals surface area contributed by atoms with Crippen LogP contribution >= 0.6 is 0 Å². The summed E-state index contributed by atoms with van der Waals surface area (Å²) in [6, 6.07) is 0. The molecular weight excluding hydrogens is 672 g/mol. The molecule has 6 aliphatic heterocycles. The maximum absolute atomic E-state index is 6.22. The standard InChI is InChI=1S/C33H50N6O12/c1-30(2)44-22-20(42-28-26(24(22)46-30)48-32(5,6)50-28)16-40-14-18-12-38(36-34-18)10-9-11-39-13-19(35-37-39)15-41-17-21-23-25(47-31(3,4)45-23)27-29(43-21)51-33(7,8)49-27/h12-13,20-29H,9-11,14-17H2,1-8H3/t20-,21-,22+,23+,24+,25+,26-,27-,28-,29-/m1/s1. The first kappa shape index (κ1) is 35.8. The van der Waals surface area contributed by atoms with E-state index in [4.69, 9.17) is 56.8 Å². The molecule has 51 heavy (non-hydrogen) atoms. The van der Waals surface area contributed by atoms with Crippen molar-refractivity contribution in [2.75, 3.05) is 13.2 Å². The molecule has 2 aromatic rings. The first-order valence-corrected chi connectivity index (χ1v) is 17.8. The third-order valence-corrected chi connectivity index (χ3v) is 9.51. The summed E-state index contributed by atoms with van der Waals surface area (Å²) in [5.74, 6) is -3.06. The molecule has 0 bridgehead atoms. The van der Waals surface area contributed by atoms with E-state index >= 15 is 0 Å². The number of ether oxygens (including phenoxy) is 12. The highest BCUT2D eigenvalue weighted by Gasteiger charge is 2.62. The monoisotopic (exact) mass is 722 g/mol. The Kier molecular flexibility index (Phi) is 9.32. The predicted octanol–water partition coefficient (Wildman–Crippen LogP) is 1.79. The lowest BCUT2D eigenvalue weighted by molar-refractivity contribution is -0.243. The fourth-order valence-corrected chi connectivity index (χ4v) is 7.64. The van der Waals surface area contributed by atoms with Gasteiger partial charge in [0, 0.05) is 13.1 Å². The van der Waals surface area contributed by atoms with E-state index < -0.39 is 47.9 Å². The van der Waals surface area contributed by atoms with Crippen molar-refractivity contribution in [2.24, 2.45) is 0 Å². The molecule has 0 radical (unpaired) electrons. The van der Waals surface area contributed by atoms with Crippen molar-refractivity contribution in [3.8, 4) is 0 Å². The van der Waals surface area contributed by atoms with Crippen LogP contribution in [0.4, 0.5) is 0 Å². The van der Waals surface area contributed by atoms with E-state index in [1.807, 2.05) is 67.8 Å². The molecule has 0 unspecified atom stereocenters. The topological polar surface area (TPSA) is 172 Å². The van der Waals surface area contributed by atoms with E-state index in [-0.39, 0.29) is 63.1 Å². The Morgan fingerprint density at radius 3 is 1.33 bits per heavy atom. The molecule has 0 spiro atoms. The maximum Gasteiger partial charge on any atom is 0.190 e. The predicted molar refractivity (Wildman–Crippen MR) is 169 cm³/mol. The molecule has 6 aliphatic rings. The quantitative estimate of drug-likeness (QED) is 0.310. The summed E-state index contributed by atoms with van der Waals surface area (Å²) < 4.78 is 76.8. The Bertz CT molecular complexity index is 1420. The molecule has 284 valence electrons. The summed E-state index contributed by atoms with van der Waals surface area (Å²) in [5.41, 5.74) is 1.42. The Morgan fingerprint density at radius 2 is 0.902 bits per heavy atom. The Hall–Kier alpha value is -2.20. The van der Waals surface area contributed by atoms with Crippen LogP contribution in [0.3, 0.4) is 0 Å². The third kappa shape index (κ3) is 7.74. The van der Waals surface area contributed by atoms with Crippen LogP contribution in [0.15, 0.2) is 12.4 Å². The molecular formula is C33H50N6O12. The summed E-state index contributed by atoms with van der Waals surface area (Å²) in [6.45, 7) is 17.4. The maximum atomic E-state index is 6.22. The van der Waals surface area contributed by atoms with Gasteiger partial charge in [0.1, 0.15) is 60.2 Å². The minimum atomic E-state index is -0.770. The van der Waals surface area contributed by atoms with Crippen molar-refractivity contribution in [3.05, 3.63) is 23.8 Å². The lowest BCUT2D eigenvalue weighted by Gasteiger charge is -2.37. The molecule has 0 amide bonds. The smallest absolute Gasteiger partial charge is 0.190 e. The van der Waals surface area contributed by atoms with E-state index in [9.17, 15) is 0 Å². The normalized spacial score (nSPS) is 38.4. The van der Waals surface area contributed by atoms with E-state index in [2.05, 4.69) is 20.6 Å². The fourth-order valence-electron chi connectivity index (χ4n) is 7.64. The van der Waals surface area contributed by atoms with Crippen molar-refractivity contribution in [2.45, 2.75) is 173 Å². The minimum Gasteiger partial charge on any atom is -0.372 e. The first-order valence-electron chi connectivity index (χ1n) is 17.8. The SMILES string of the molecule is CC1(C)O[C@H]2[C@@H](O1)[C@@H](COCc1cn(CCCn3cc(COC[C@H]4O[C@@H]5OC(C)(C)O[C@@H]5[C@H]5OC(C)(C)O[C@H]54)nn3)nn1)O[C@@H]1OC(C)(C)O[C@@H]12. The van der Waals surface area contributed by atoms with Gasteiger partial charge in [0.05, 0.1) is 38.8 Å². The summed E-state index contributed by atoms with van der Waals surface area (Å²) >= 11 is 0. The third-order valence-electron chi connectivity index (χ3n) is 9.51. The lowest BCUT2D eigenvalue weighted by atomic mass is 9.99. The summed E-state index contributed by atoms with van der Waals surface area (Å²) in [7, 11) is 0. The number of aryl methyl sites for hydroxylation is 2. The largest absolute Gasteiger partial charge is 0.372 e. The zero-order valence-corrected chi connectivity index (χ0v) is 30.5. The summed E-state index contributed by atoms with van der Waals surface area (Å²) in [5, 5.41) is 17.0. The van der Waals surface area contributed by atoms with Crippen LogP contribution in [0, 0.1) is 0 Å². The average Bonchev–Trinajstić information content (AvgIpc) is 3.86. The zero-order chi connectivity index (χ0) is 35.8. The van der Waals surface area contributed by atoms with Crippen molar-refractivity contribution in [3.63, 3.8) is 0 Å². The summed E-state index contributed by atoms with van der Waals surface area (Å²) in [6.07, 6.45) is 0.530. The number of fused-ring (bicyclic) bond motifs is 6. The van der Waals surface area contributed by atoms with Crippen LogP contribution in [-0.4, -0.2) is 128 Å². The van der Waals surface area contributed by atoms with E-state index in [0.717, 1.165) is 6.42 Å². The van der Waals surface area contributed by atoms with Gasteiger partial charge in [0.15, 0.2) is 35.7 Å². The molecule has 2 aromatic heterocycles. The van der Waals surface area contributed by atoms with Gasteiger partial charge in [-0.3, -0.25) is 9.36 Å². The van der Waals surface area contributed by atoms with Crippen LogP contribution in [-0.2, 0) is 83.1 Å². The molecule has 0 aromatic carbocycles. The van der Waals surface area contributed by atoms with Gasteiger partial charge >= 0.3 is 0 Å². The minimum absolute atomic E-state index is 0.273. The molecule has 8 heterocycles. The second-order valence-electron chi connectivity index (χ2n) is 15.7. The number of aromatic nitrogens is 6. The highest BCUT2D eigenvalue weighted by Crippen LogP contribution is 2.45. The van der Waals surface area contributed by atoms with Gasteiger partial charge in [-0.05, 0) is 61.8 Å². The molecule has 10 atom stereocenters. The van der Waals surface area contributed by atoms with Crippen LogP contribution in [0.2, 0.25) is 0 Å². The van der Waals surface area contributed by atoms with Gasteiger partial charge in [-0.2, -0.15) is 0 Å². The van der Waals surface area contributed by atoms with E-state index in [1.54, 1.807) is 9.36 Å². The second-order valence-corrected chi connectivity index (χ2v) is 15.7. The average molecular weight is 723 g/mol. The number of hydrogen-bond donors (Lipinski definition) is 0. The second kappa shape index (κ2) is 13.3. The molecule has 6 saturated heterocycles. The first-order chi connectivity index (χ1) is 24.1. The fraction of sp³-hybridized carbons (Fsp3) is 0.879. The van der Waals surface area contributed by atoms with E-state index in [0.29, 0.717) is 24.5 Å². The highest BCUT2D eigenvalue weighted by atomic mass is 16.9. The van der Waals surface area contributed by atoms with Crippen molar-refractivity contribution in [1.29, 1.82) is 0 Å². The van der Waals surface area contributed by atoms with Gasteiger partial charge in [-0.25, -0.2) is 0 Å². The lowest BCUT2D eigenvalue weighted by Crippen LogP contribution is -2.56. The van der Waals surface area contributed by atoms with Crippen LogP contribution in [0.5, 0.6) is 0 Å². The van der Waals surface area contributed by atoms with Gasteiger partial charge < -0.3 is 56.8 Å². The van der Waals surface area contributed by atoms with Gasteiger partial charge in [0.2, 0.25) is 0 Å². The molecule has 0 saturated carbocycles. The van der Waals surface area contributed by atoms with Crippen molar-refractivity contribution < 1.29 is 56.8 Å². The van der Waals surface area contributed by atoms with Gasteiger partial charge in [-0.1, -0.05) is 10.4 Å². The van der Waals surface area contributed by atoms with Crippen LogP contribution < -0.4 is 0 Å². The zero-order valence-electron chi connectivity index (χ0n) is 30.5. The van der Waals surface area contributed by atoms with Gasteiger partial charge in [-0.15, -0.1) is 10.2 Å². The van der Waals surface area contributed by atoms with Gasteiger partial charge in [0.25, 0.3) is 0 Å². The Labute approximate surface area is 296 Å². The molecule has 8 rings (SSSR count). The molecule has 18 nitrogen and oxygen atoms in total. The molecule has 18 heteroatoms. The summed E-state index contributed by atoms with van der Waals surface area (Å²) in [4.78, 5) is 0. The number of hydrogen-bond acceptors (Lipinski definition) is 16. The molecule has 6 fully saturated rings. The van der Waals surface area contributed by atoms with Crippen molar-refractivity contribution >= 4 is 0 Å². The highest BCUT2D eigenvalue weighted by molar-refractivity contribution is 5.02. The number of rotatable bonds is 12. The molecule has 0 N–H and O–H groups in total. The number of nitrogens with zero attached hydrogens (tertiary/aromatic N) is 6.